The molecule has 0 aliphatic rings. The highest BCUT2D eigenvalue weighted by molar-refractivity contribution is 7.92. The number of nitrogens with one attached hydrogen (secondary N) is 2. The summed E-state index contributed by atoms with van der Waals surface area (Å²) >= 11 is 0. The Morgan fingerprint density at radius 3 is 2.89 bits per heavy atom. The maximum absolute atomic E-state index is 12.5. The molecule has 3 aromatic rings. The standard InChI is InChI=1S/C19H19N5O3S/c1-3-5-14(8-9-20)17-12-21-23-18(17)15-6-4-7-16(10-15)24-28(25,26)19-13(2)11-22-27-19/h3-12,24H,1,20H2,2H3,(H,21,23)/b9-8-,14-5+. The van der Waals surface area contributed by atoms with E-state index in [0.717, 1.165) is 11.1 Å². The molecule has 0 amide bonds. The number of rotatable bonds is 7. The number of aromatic amines is 1. The van der Waals surface area contributed by atoms with Crippen molar-refractivity contribution in [3.8, 4) is 11.3 Å². The van der Waals surface area contributed by atoms with Crippen molar-refractivity contribution in [1.29, 1.82) is 0 Å². The van der Waals surface area contributed by atoms with Crippen LogP contribution in [0.3, 0.4) is 0 Å². The van der Waals surface area contributed by atoms with Gasteiger partial charge in [-0.15, -0.1) is 0 Å². The van der Waals surface area contributed by atoms with Crippen LogP contribution in [-0.2, 0) is 10.0 Å². The Balaban J connectivity index is 1.98. The molecule has 0 spiro atoms. The molecular formula is C19H19N5O3S. The van der Waals surface area contributed by atoms with E-state index in [1.165, 1.54) is 12.4 Å². The van der Waals surface area contributed by atoms with Gasteiger partial charge in [0, 0.05) is 28.6 Å². The summed E-state index contributed by atoms with van der Waals surface area (Å²) in [7, 11) is -3.89. The number of aryl methyl sites for hydroxylation is 1. The van der Waals surface area contributed by atoms with Crippen LogP contribution in [0.15, 0.2) is 77.3 Å². The second-order valence-electron chi connectivity index (χ2n) is 5.85. The number of hydrogen-bond acceptors (Lipinski definition) is 6. The molecular weight excluding hydrogens is 378 g/mol. The molecule has 0 saturated heterocycles. The van der Waals surface area contributed by atoms with Crippen molar-refractivity contribution >= 4 is 21.3 Å². The molecule has 0 radical (unpaired) electrons. The van der Waals surface area contributed by atoms with E-state index in [1.54, 1.807) is 49.5 Å². The lowest BCUT2D eigenvalue weighted by Crippen LogP contribution is -2.13. The van der Waals surface area contributed by atoms with Crippen LogP contribution in [0.5, 0.6) is 0 Å². The molecule has 0 unspecified atom stereocenters. The Labute approximate surface area is 162 Å². The maximum atomic E-state index is 12.5. The number of benzene rings is 1. The van der Waals surface area contributed by atoms with Gasteiger partial charge < -0.3 is 10.3 Å². The fraction of sp³-hybridized carbons (Fsp3) is 0.0526. The van der Waals surface area contributed by atoms with Crippen molar-refractivity contribution in [3.63, 3.8) is 0 Å². The van der Waals surface area contributed by atoms with Crippen LogP contribution in [0.2, 0.25) is 0 Å². The molecule has 1 aromatic carbocycles. The topological polar surface area (TPSA) is 127 Å². The van der Waals surface area contributed by atoms with Crippen molar-refractivity contribution in [2.45, 2.75) is 12.0 Å². The minimum atomic E-state index is -3.89. The third kappa shape index (κ3) is 3.89. The van der Waals surface area contributed by atoms with Crippen LogP contribution in [0, 0.1) is 6.92 Å². The summed E-state index contributed by atoms with van der Waals surface area (Å²) in [5, 5.41) is 10.4. The summed E-state index contributed by atoms with van der Waals surface area (Å²) in [5.41, 5.74) is 9.28. The molecule has 8 nitrogen and oxygen atoms in total. The Morgan fingerprint density at radius 2 is 2.21 bits per heavy atom. The molecule has 0 fully saturated rings. The minimum Gasteiger partial charge on any atom is -0.405 e. The maximum Gasteiger partial charge on any atom is 0.298 e. The first-order chi connectivity index (χ1) is 13.5. The summed E-state index contributed by atoms with van der Waals surface area (Å²) in [4.78, 5) is 0. The predicted molar refractivity (Wildman–Crippen MR) is 108 cm³/mol. The molecule has 0 atom stereocenters. The van der Waals surface area contributed by atoms with Gasteiger partial charge in [-0.05, 0) is 36.9 Å². The molecule has 28 heavy (non-hydrogen) atoms. The van der Waals surface area contributed by atoms with E-state index in [9.17, 15) is 8.42 Å². The Morgan fingerprint density at radius 1 is 1.39 bits per heavy atom. The summed E-state index contributed by atoms with van der Waals surface area (Å²) in [6.07, 6.45) is 9.69. The lowest BCUT2D eigenvalue weighted by molar-refractivity contribution is 0.338. The highest BCUT2D eigenvalue weighted by Crippen LogP contribution is 2.30. The lowest BCUT2D eigenvalue weighted by atomic mass is 10.0. The smallest absolute Gasteiger partial charge is 0.298 e. The molecule has 3 rings (SSSR count). The van der Waals surface area contributed by atoms with E-state index < -0.39 is 10.0 Å². The number of aromatic nitrogens is 3. The van der Waals surface area contributed by atoms with Crippen LogP contribution >= 0.6 is 0 Å². The second kappa shape index (κ2) is 7.97. The summed E-state index contributed by atoms with van der Waals surface area (Å²) < 4.78 is 32.4. The van der Waals surface area contributed by atoms with Crippen LogP contribution in [-0.4, -0.2) is 23.8 Å². The summed E-state index contributed by atoms with van der Waals surface area (Å²) in [5.74, 6) is 0. The zero-order valence-corrected chi connectivity index (χ0v) is 15.9. The Hall–Kier alpha value is -3.59. The molecule has 0 bridgehead atoms. The van der Waals surface area contributed by atoms with Gasteiger partial charge in [0.1, 0.15) is 0 Å². The van der Waals surface area contributed by atoms with Crippen LogP contribution in [0.4, 0.5) is 5.69 Å². The number of sulfonamides is 1. The van der Waals surface area contributed by atoms with Crippen LogP contribution < -0.4 is 10.5 Å². The van der Waals surface area contributed by atoms with E-state index in [4.69, 9.17) is 10.3 Å². The normalized spacial score (nSPS) is 12.4. The monoisotopic (exact) mass is 397 g/mol. The van der Waals surface area contributed by atoms with E-state index in [0.29, 0.717) is 22.5 Å². The first-order valence-corrected chi connectivity index (χ1v) is 9.74. The van der Waals surface area contributed by atoms with Gasteiger partial charge in [0.2, 0.25) is 0 Å². The van der Waals surface area contributed by atoms with Crippen molar-refractivity contribution in [2.75, 3.05) is 4.72 Å². The second-order valence-corrected chi connectivity index (χ2v) is 7.43. The number of allylic oxidation sites excluding steroid dienone is 4. The molecule has 9 heteroatoms. The van der Waals surface area contributed by atoms with E-state index in [1.807, 2.05) is 6.07 Å². The number of nitrogens with two attached hydrogens (primary N) is 1. The first-order valence-electron chi connectivity index (χ1n) is 8.26. The first kappa shape index (κ1) is 19.2. The third-order valence-corrected chi connectivity index (χ3v) is 5.25. The van der Waals surface area contributed by atoms with Gasteiger partial charge in [-0.3, -0.25) is 9.82 Å². The van der Waals surface area contributed by atoms with Crippen LogP contribution in [0.1, 0.15) is 11.1 Å². The van der Waals surface area contributed by atoms with E-state index >= 15 is 0 Å². The van der Waals surface area contributed by atoms with Gasteiger partial charge in [-0.25, -0.2) is 0 Å². The zero-order valence-electron chi connectivity index (χ0n) is 15.1. The van der Waals surface area contributed by atoms with Crippen molar-refractivity contribution in [3.05, 3.63) is 78.8 Å². The van der Waals surface area contributed by atoms with E-state index in [2.05, 4.69) is 26.7 Å². The number of hydrogen-bond donors (Lipinski definition) is 3. The number of nitrogens with zero attached hydrogens (tertiary/aromatic N) is 2. The van der Waals surface area contributed by atoms with Gasteiger partial charge >= 0.3 is 0 Å². The average Bonchev–Trinajstić information content (AvgIpc) is 3.30. The van der Waals surface area contributed by atoms with Gasteiger partial charge in [-0.1, -0.05) is 36.0 Å². The van der Waals surface area contributed by atoms with Gasteiger partial charge in [0.05, 0.1) is 11.9 Å². The minimum absolute atomic E-state index is 0.220. The van der Waals surface area contributed by atoms with Gasteiger partial charge in [0.25, 0.3) is 15.1 Å². The molecule has 0 aliphatic heterocycles. The zero-order chi connectivity index (χ0) is 20.1. The quantitative estimate of drug-likeness (QED) is 0.525. The van der Waals surface area contributed by atoms with Gasteiger partial charge in [0.15, 0.2) is 0 Å². The highest BCUT2D eigenvalue weighted by Gasteiger charge is 2.22. The molecule has 2 aromatic heterocycles. The summed E-state index contributed by atoms with van der Waals surface area (Å²) in [6.45, 7) is 5.32. The van der Waals surface area contributed by atoms with Crippen molar-refractivity contribution in [2.24, 2.45) is 5.73 Å². The molecule has 0 aliphatic carbocycles. The van der Waals surface area contributed by atoms with Gasteiger partial charge in [-0.2, -0.15) is 13.5 Å². The largest absolute Gasteiger partial charge is 0.405 e. The number of anilines is 1. The van der Waals surface area contributed by atoms with E-state index in [-0.39, 0.29) is 5.09 Å². The predicted octanol–water partition coefficient (Wildman–Crippen LogP) is 3.22. The van der Waals surface area contributed by atoms with Crippen LogP contribution in [0.25, 0.3) is 16.8 Å². The fourth-order valence-electron chi connectivity index (χ4n) is 2.67. The summed E-state index contributed by atoms with van der Waals surface area (Å²) in [6, 6.07) is 6.88. The van der Waals surface area contributed by atoms with Crippen molar-refractivity contribution < 1.29 is 12.9 Å². The molecule has 2 heterocycles. The highest BCUT2D eigenvalue weighted by atomic mass is 32.2. The Bertz CT molecular complexity index is 1160. The van der Waals surface area contributed by atoms with Crippen molar-refractivity contribution in [1.82, 2.24) is 15.4 Å². The molecule has 144 valence electrons. The molecule has 4 N–H and O–H groups in total. The Kier molecular flexibility index (Phi) is 5.46. The average molecular weight is 397 g/mol. The SMILES string of the molecule is C=C/C=C(\C=C/N)c1c[nH]nc1-c1cccc(NS(=O)(=O)c2oncc2C)c1. The fourth-order valence-corrected chi connectivity index (χ4v) is 3.81. The number of H-pyrrole nitrogens is 1. The molecule has 0 saturated carbocycles. The lowest BCUT2D eigenvalue weighted by Gasteiger charge is -2.08. The third-order valence-electron chi connectivity index (χ3n) is 3.86.